The Labute approximate surface area is 109 Å². The molecule has 0 aliphatic rings. The summed E-state index contributed by atoms with van der Waals surface area (Å²) in [4.78, 5) is 2.50. The second-order valence-corrected chi connectivity index (χ2v) is 6.77. The lowest BCUT2D eigenvalue weighted by Gasteiger charge is -2.29. The number of hydrogen-bond acceptors (Lipinski definition) is 2. The molecule has 2 heteroatoms. The molecule has 0 saturated heterocycles. The SMILES string of the molecule is CC(C)CC(C)N(C)CCCC(C)(C)CCN. The van der Waals surface area contributed by atoms with Crippen molar-refractivity contribution in [3.63, 3.8) is 0 Å². The van der Waals surface area contributed by atoms with Crippen molar-refractivity contribution >= 4 is 0 Å². The molecule has 0 aromatic heterocycles. The molecule has 0 aromatic carbocycles. The first-order chi connectivity index (χ1) is 7.78. The Hall–Kier alpha value is -0.0800. The largest absolute Gasteiger partial charge is 0.330 e. The van der Waals surface area contributed by atoms with Gasteiger partial charge in [-0.1, -0.05) is 27.7 Å². The van der Waals surface area contributed by atoms with Crippen LogP contribution in [0.2, 0.25) is 0 Å². The van der Waals surface area contributed by atoms with Gasteiger partial charge in [0.2, 0.25) is 0 Å². The van der Waals surface area contributed by atoms with E-state index >= 15 is 0 Å². The second-order valence-electron chi connectivity index (χ2n) is 6.77. The van der Waals surface area contributed by atoms with Crippen LogP contribution in [0.4, 0.5) is 0 Å². The predicted molar refractivity (Wildman–Crippen MR) is 78.2 cm³/mol. The highest BCUT2D eigenvalue weighted by molar-refractivity contribution is 4.71. The molecular formula is C15H34N2. The van der Waals surface area contributed by atoms with E-state index in [0.29, 0.717) is 11.5 Å². The summed E-state index contributed by atoms with van der Waals surface area (Å²) >= 11 is 0. The molecule has 0 heterocycles. The van der Waals surface area contributed by atoms with E-state index < -0.39 is 0 Å². The fourth-order valence-electron chi connectivity index (χ4n) is 2.41. The number of nitrogens with zero attached hydrogens (tertiary/aromatic N) is 1. The smallest absolute Gasteiger partial charge is 0.00663 e. The third kappa shape index (κ3) is 8.62. The van der Waals surface area contributed by atoms with E-state index in [1.165, 1.54) is 25.8 Å². The zero-order chi connectivity index (χ0) is 13.5. The molecule has 0 aliphatic heterocycles. The maximum Gasteiger partial charge on any atom is 0.00663 e. The van der Waals surface area contributed by atoms with Gasteiger partial charge in [0.15, 0.2) is 0 Å². The molecule has 0 saturated carbocycles. The topological polar surface area (TPSA) is 29.3 Å². The van der Waals surface area contributed by atoms with Gasteiger partial charge in [-0.2, -0.15) is 0 Å². The highest BCUT2D eigenvalue weighted by atomic mass is 15.1. The first kappa shape index (κ1) is 16.9. The highest BCUT2D eigenvalue weighted by Gasteiger charge is 2.17. The summed E-state index contributed by atoms with van der Waals surface area (Å²) in [6.07, 6.45) is 5.00. The van der Waals surface area contributed by atoms with Crippen LogP contribution < -0.4 is 5.73 Å². The molecule has 1 atom stereocenters. The summed E-state index contributed by atoms with van der Waals surface area (Å²) in [5.41, 5.74) is 6.05. The van der Waals surface area contributed by atoms with Gasteiger partial charge in [-0.25, -0.2) is 0 Å². The predicted octanol–water partition coefficient (Wildman–Crippen LogP) is 3.51. The fraction of sp³-hybridized carbons (Fsp3) is 1.00. The molecule has 0 aromatic rings. The Balaban J connectivity index is 3.80. The minimum atomic E-state index is 0.414. The van der Waals surface area contributed by atoms with Crippen LogP contribution in [0.1, 0.15) is 60.3 Å². The van der Waals surface area contributed by atoms with Gasteiger partial charge in [-0.15, -0.1) is 0 Å². The minimum Gasteiger partial charge on any atom is -0.330 e. The van der Waals surface area contributed by atoms with Gasteiger partial charge in [-0.3, -0.25) is 0 Å². The van der Waals surface area contributed by atoms with E-state index in [-0.39, 0.29) is 0 Å². The summed E-state index contributed by atoms with van der Waals surface area (Å²) in [6.45, 7) is 13.6. The second kappa shape index (κ2) is 8.10. The van der Waals surface area contributed by atoms with E-state index in [1.54, 1.807) is 0 Å². The third-order valence-electron chi connectivity index (χ3n) is 3.75. The molecule has 1 unspecified atom stereocenters. The van der Waals surface area contributed by atoms with Gasteiger partial charge in [0.05, 0.1) is 0 Å². The number of nitrogens with two attached hydrogens (primary N) is 1. The third-order valence-corrected chi connectivity index (χ3v) is 3.75. The average Bonchev–Trinajstić information content (AvgIpc) is 2.15. The summed E-state index contributed by atoms with van der Waals surface area (Å²) in [7, 11) is 2.25. The fourth-order valence-corrected chi connectivity index (χ4v) is 2.41. The molecule has 104 valence electrons. The number of rotatable bonds is 9. The van der Waals surface area contributed by atoms with Crippen molar-refractivity contribution in [2.45, 2.75) is 66.3 Å². The molecule has 17 heavy (non-hydrogen) atoms. The molecule has 0 rings (SSSR count). The molecule has 0 bridgehead atoms. The van der Waals surface area contributed by atoms with Gasteiger partial charge >= 0.3 is 0 Å². The maximum atomic E-state index is 5.64. The van der Waals surface area contributed by atoms with Crippen molar-refractivity contribution in [2.24, 2.45) is 17.1 Å². The van der Waals surface area contributed by atoms with Crippen LogP contribution in [0.25, 0.3) is 0 Å². The van der Waals surface area contributed by atoms with E-state index in [1.807, 2.05) is 0 Å². The first-order valence-electron chi connectivity index (χ1n) is 7.19. The van der Waals surface area contributed by atoms with Crippen molar-refractivity contribution in [1.29, 1.82) is 0 Å². The summed E-state index contributed by atoms with van der Waals surface area (Å²) in [5, 5.41) is 0. The van der Waals surface area contributed by atoms with Gasteiger partial charge in [0.25, 0.3) is 0 Å². The minimum absolute atomic E-state index is 0.414. The zero-order valence-corrected chi connectivity index (χ0v) is 12.9. The molecule has 2 N–H and O–H groups in total. The van der Waals surface area contributed by atoms with Crippen LogP contribution in [-0.4, -0.2) is 31.1 Å². The molecule has 0 amide bonds. The van der Waals surface area contributed by atoms with E-state index in [0.717, 1.165) is 18.9 Å². The Bertz CT molecular complexity index is 187. The van der Waals surface area contributed by atoms with Crippen LogP contribution >= 0.6 is 0 Å². The van der Waals surface area contributed by atoms with E-state index in [2.05, 4.69) is 46.6 Å². The van der Waals surface area contributed by atoms with Gasteiger partial charge in [-0.05, 0) is 64.1 Å². The molecule has 2 nitrogen and oxygen atoms in total. The number of hydrogen-bond donors (Lipinski definition) is 1. The van der Waals surface area contributed by atoms with Crippen molar-refractivity contribution < 1.29 is 0 Å². The summed E-state index contributed by atoms with van der Waals surface area (Å²) in [6, 6.07) is 0.702. The van der Waals surface area contributed by atoms with E-state index in [4.69, 9.17) is 5.73 Å². The van der Waals surface area contributed by atoms with E-state index in [9.17, 15) is 0 Å². The first-order valence-corrected chi connectivity index (χ1v) is 7.19. The Morgan fingerprint density at radius 2 is 1.71 bits per heavy atom. The highest BCUT2D eigenvalue weighted by Crippen LogP contribution is 2.26. The molecule has 0 aliphatic carbocycles. The summed E-state index contributed by atoms with van der Waals surface area (Å²) in [5.74, 6) is 0.793. The Morgan fingerprint density at radius 1 is 1.12 bits per heavy atom. The van der Waals surface area contributed by atoms with Gasteiger partial charge in [0, 0.05) is 6.04 Å². The maximum absolute atomic E-state index is 5.64. The van der Waals surface area contributed by atoms with Crippen molar-refractivity contribution in [2.75, 3.05) is 20.1 Å². The molecular weight excluding hydrogens is 208 g/mol. The van der Waals surface area contributed by atoms with Gasteiger partial charge < -0.3 is 10.6 Å². The average molecular weight is 242 g/mol. The summed E-state index contributed by atoms with van der Waals surface area (Å²) < 4.78 is 0. The molecule has 0 fully saturated rings. The Morgan fingerprint density at radius 3 is 2.18 bits per heavy atom. The van der Waals surface area contributed by atoms with Crippen LogP contribution in [0.15, 0.2) is 0 Å². The standard InChI is InChI=1S/C15H34N2/c1-13(2)12-14(3)17(6)11-7-8-15(4,5)9-10-16/h13-14H,7-12,16H2,1-6H3. The van der Waals surface area contributed by atoms with Crippen molar-refractivity contribution in [3.8, 4) is 0 Å². The Kier molecular flexibility index (Phi) is 8.06. The lowest BCUT2D eigenvalue weighted by atomic mass is 9.84. The van der Waals surface area contributed by atoms with Crippen molar-refractivity contribution in [1.82, 2.24) is 4.90 Å². The van der Waals surface area contributed by atoms with Crippen LogP contribution in [0.3, 0.4) is 0 Å². The normalized spacial score (nSPS) is 14.6. The lowest BCUT2D eigenvalue weighted by molar-refractivity contribution is 0.206. The van der Waals surface area contributed by atoms with Crippen molar-refractivity contribution in [3.05, 3.63) is 0 Å². The van der Waals surface area contributed by atoms with Crippen LogP contribution in [0, 0.1) is 11.3 Å². The van der Waals surface area contributed by atoms with Crippen LogP contribution in [0.5, 0.6) is 0 Å². The zero-order valence-electron chi connectivity index (χ0n) is 12.9. The van der Waals surface area contributed by atoms with Gasteiger partial charge in [0.1, 0.15) is 0 Å². The lowest BCUT2D eigenvalue weighted by Crippen LogP contribution is -2.31. The molecule has 0 spiro atoms. The molecule has 0 radical (unpaired) electrons. The van der Waals surface area contributed by atoms with Crippen LogP contribution in [-0.2, 0) is 0 Å². The monoisotopic (exact) mass is 242 g/mol. The quantitative estimate of drug-likeness (QED) is 0.670.